The molecule has 100 valence electrons. The summed E-state index contributed by atoms with van der Waals surface area (Å²) in [6.45, 7) is 2.80. The van der Waals surface area contributed by atoms with Crippen LogP contribution >= 0.6 is 0 Å². The number of hydrogen-bond acceptors (Lipinski definition) is 3. The Morgan fingerprint density at radius 2 is 1.65 bits per heavy atom. The van der Waals surface area contributed by atoms with Crippen LogP contribution in [0, 0.1) is 5.82 Å². The Bertz CT molecular complexity index is 738. The average Bonchev–Trinajstić information content (AvgIpc) is 2.49. The van der Waals surface area contributed by atoms with E-state index in [4.69, 9.17) is 0 Å². The quantitative estimate of drug-likeness (QED) is 0.782. The van der Waals surface area contributed by atoms with Crippen LogP contribution < -0.4 is 5.32 Å². The SMILES string of the molecule is CCNc1nnc(-c2ccc(F)cc2)c2ccccc12. The number of halogens is 1. The monoisotopic (exact) mass is 267 g/mol. The van der Waals surface area contributed by atoms with Gasteiger partial charge in [-0.25, -0.2) is 4.39 Å². The van der Waals surface area contributed by atoms with Gasteiger partial charge in [-0.15, -0.1) is 10.2 Å². The normalized spacial score (nSPS) is 10.7. The van der Waals surface area contributed by atoms with Crippen molar-refractivity contribution in [3.8, 4) is 11.3 Å². The zero-order valence-corrected chi connectivity index (χ0v) is 11.1. The van der Waals surface area contributed by atoms with E-state index in [-0.39, 0.29) is 5.82 Å². The molecule has 1 heterocycles. The lowest BCUT2D eigenvalue weighted by molar-refractivity contribution is 0.628. The summed E-state index contributed by atoms with van der Waals surface area (Å²) in [7, 11) is 0. The van der Waals surface area contributed by atoms with E-state index in [0.29, 0.717) is 0 Å². The predicted molar refractivity (Wildman–Crippen MR) is 79.1 cm³/mol. The Morgan fingerprint density at radius 3 is 2.35 bits per heavy atom. The first-order valence-electron chi connectivity index (χ1n) is 6.55. The van der Waals surface area contributed by atoms with E-state index < -0.39 is 0 Å². The summed E-state index contributed by atoms with van der Waals surface area (Å²) in [6.07, 6.45) is 0. The topological polar surface area (TPSA) is 37.8 Å². The van der Waals surface area contributed by atoms with Crippen LogP contribution in [-0.2, 0) is 0 Å². The number of nitrogens with zero attached hydrogens (tertiary/aromatic N) is 2. The van der Waals surface area contributed by atoms with Gasteiger partial charge in [0.1, 0.15) is 11.5 Å². The molecular weight excluding hydrogens is 253 g/mol. The molecule has 0 saturated carbocycles. The van der Waals surface area contributed by atoms with Crippen molar-refractivity contribution >= 4 is 16.6 Å². The third-order valence-corrected chi connectivity index (χ3v) is 3.15. The Kier molecular flexibility index (Phi) is 3.29. The molecule has 0 aliphatic rings. The second kappa shape index (κ2) is 5.25. The molecule has 0 radical (unpaired) electrons. The van der Waals surface area contributed by atoms with Gasteiger partial charge in [0, 0.05) is 22.9 Å². The molecule has 0 aliphatic carbocycles. The Hall–Kier alpha value is -2.49. The predicted octanol–water partition coefficient (Wildman–Crippen LogP) is 3.87. The smallest absolute Gasteiger partial charge is 0.156 e. The molecule has 20 heavy (non-hydrogen) atoms. The molecule has 0 amide bonds. The summed E-state index contributed by atoms with van der Waals surface area (Å²) in [5.41, 5.74) is 1.63. The van der Waals surface area contributed by atoms with Crippen LogP contribution in [0.25, 0.3) is 22.0 Å². The van der Waals surface area contributed by atoms with Gasteiger partial charge in [0.25, 0.3) is 0 Å². The number of rotatable bonds is 3. The maximum Gasteiger partial charge on any atom is 0.156 e. The fourth-order valence-electron chi connectivity index (χ4n) is 2.22. The molecule has 0 aliphatic heterocycles. The van der Waals surface area contributed by atoms with Crippen molar-refractivity contribution < 1.29 is 4.39 Å². The first kappa shape index (κ1) is 12.5. The van der Waals surface area contributed by atoms with Crippen LogP contribution in [0.2, 0.25) is 0 Å². The fourth-order valence-corrected chi connectivity index (χ4v) is 2.22. The highest BCUT2D eigenvalue weighted by molar-refractivity contribution is 5.99. The van der Waals surface area contributed by atoms with Crippen molar-refractivity contribution in [3.05, 3.63) is 54.3 Å². The minimum absolute atomic E-state index is 0.254. The standard InChI is InChI=1S/C16H14FN3/c1-2-18-16-14-6-4-3-5-13(14)15(19-20-16)11-7-9-12(17)10-8-11/h3-10H,2H2,1H3,(H,18,20). The number of anilines is 1. The minimum atomic E-state index is -0.254. The number of hydrogen-bond donors (Lipinski definition) is 1. The molecule has 3 rings (SSSR count). The highest BCUT2D eigenvalue weighted by Gasteiger charge is 2.10. The lowest BCUT2D eigenvalue weighted by Gasteiger charge is -2.09. The van der Waals surface area contributed by atoms with Crippen molar-refractivity contribution in [2.75, 3.05) is 11.9 Å². The summed E-state index contributed by atoms with van der Waals surface area (Å²) in [5, 5.41) is 13.8. The number of benzene rings is 2. The van der Waals surface area contributed by atoms with E-state index >= 15 is 0 Å². The van der Waals surface area contributed by atoms with Gasteiger partial charge in [-0.3, -0.25) is 0 Å². The van der Waals surface area contributed by atoms with Gasteiger partial charge in [0.15, 0.2) is 5.82 Å². The van der Waals surface area contributed by atoms with Crippen LogP contribution in [-0.4, -0.2) is 16.7 Å². The van der Waals surface area contributed by atoms with E-state index in [2.05, 4.69) is 15.5 Å². The number of aromatic nitrogens is 2. The van der Waals surface area contributed by atoms with Crippen LogP contribution in [0.5, 0.6) is 0 Å². The Balaban J connectivity index is 2.22. The zero-order valence-electron chi connectivity index (χ0n) is 11.1. The van der Waals surface area contributed by atoms with Gasteiger partial charge < -0.3 is 5.32 Å². The van der Waals surface area contributed by atoms with Crippen LogP contribution in [0.4, 0.5) is 10.2 Å². The molecule has 3 aromatic rings. The molecule has 0 bridgehead atoms. The van der Waals surface area contributed by atoms with Gasteiger partial charge >= 0.3 is 0 Å². The van der Waals surface area contributed by atoms with E-state index in [1.54, 1.807) is 12.1 Å². The van der Waals surface area contributed by atoms with E-state index in [0.717, 1.165) is 34.4 Å². The molecule has 1 aromatic heterocycles. The molecule has 0 saturated heterocycles. The highest BCUT2D eigenvalue weighted by Crippen LogP contribution is 2.29. The third kappa shape index (κ3) is 2.20. The number of nitrogens with one attached hydrogen (secondary N) is 1. The van der Waals surface area contributed by atoms with E-state index in [1.807, 2.05) is 31.2 Å². The molecule has 0 fully saturated rings. The van der Waals surface area contributed by atoms with Crippen molar-refractivity contribution in [3.63, 3.8) is 0 Å². The molecule has 0 atom stereocenters. The number of fused-ring (bicyclic) bond motifs is 1. The maximum absolute atomic E-state index is 13.0. The van der Waals surface area contributed by atoms with Crippen LogP contribution in [0.1, 0.15) is 6.92 Å². The molecule has 3 nitrogen and oxygen atoms in total. The fraction of sp³-hybridized carbons (Fsp3) is 0.125. The second-order valence-corrected chi connectivity index (χ2v) is 4.48. The first-order chi connectivity index (χ1) is 9.79. The summed E-state index contributed by atoms with van der Waals surface area (Å²) < 4.78 is 13.0. The van der Waals surface area contributed by atoms with Gasteiger partial charge in [-0.05, 0) is 31.2 Å². The summed E-state index contributed by atoms with van der Waals surface area (Å²) in [4.78, 5) is 0. The summed E-state index contributed by atoms with van der Waals surface area (Å²) in [6, 6.07) is 14.3. The van der Waals surface area contributed by atoms with Crippen molar-refractivity contribution in [2.24, 2.45) is 0 Å². The van der Waals surface area contributed by atoms with Crippen molar-refractivity contribution in [2.45, 2.75) is 6.92 Å². The van der Waals surface area contributed by atoms with Crippen molar-refractivity contribution in [1.29, 1.82) is 0 Å². The van der Waals surface area contributed by atoms with Gasteiger partial charge in [-0.1, -0.05) is 24.3 Å². The lowest BCUT2D eigenvalue weighted by atomic mass is 10.0. The molecule has 4 heteroatoms. The van der Waals surface area contributed by atoms with E-state index in [9.17, 15) is 4.39 Å². The maximum atomic E-state index is 13.0. The Labute approximate surface area is 116 Å². The molecule has 1 N–H and O–H groups in total. The average molecular weight is 267 g/mol. The molecule has 0 unspecified atom stereocenters. The summed E-state index contributed by atoms with van der Waals surface area (Å²) >= 11 is 0. The van der Waals surface area contributed by atoms with Crippen molar-refractivity contribution in [1.82, 2.24) is 10.2 Å². The van der Waals surface area contributed by atoms with Crippen LogP contribution in [0.15, 0.2) is 48.5 Å². The van der Waals surface area contributed by atoms with E-state index in [1.165, 1.54) is 12.1 Å². The third-order valence-electron chi connectivity index (χ3n) is 3.15. The molecular formula is C16H14FN3. The van der Waals surface area contributed by atoms with Crippen LogP contribution in [0.3, 0.4) is 0 Å². The second-order valence-electron chi connectivity index (χ2n) is 4.48. The lowest BCUT2D eigenvalue weighted by Crippen LogP contribution is -2.02. The first-order valence-corrected chi connectivity index (χ1v) is 6.55. The van der Waals surface area contributed by atoms with Gasteiger partial charge in [0.05, 0.1) is 0 Å². The summed E-state index contributed by atoms with van der Waals surface area (Å²) in [5.74, 6) is 0.518. The van der Waals surface area contributed by atoms with Gasteiger partial charge in [-0.2, -0.15) is 0 Å². The minimum Gasteiger partial charge on any atom is -0.368 e. The molecule has 2 aromatic carbocycles. The van der Waals surface area contributed by atoms with Gasteiger partial charge in [0.2, 0.25) is 0 Å². The Morgan fingerprint density at radius 1 is 0.950 bits per heavy atom. The molecule has 0 spiro atoms. The largest absolute Gasteiger partial charge is 0.368 e. The zero-order chi connectivity index (χ0) is 13.9. The highest BCUT2D eigenvalue weighted by atomic mass is 19.1.